The Hall–Kier alpha value is -3.82. The predicted molar refractivity (Wildman–Crippen MR) is 133 cm³/mol. The zero-order chi connectivity index (χ0) is 24.9. The van der Waals surface area contributed by atoms with E-state index < -0.39 is 11.7 Å². The molecule has 9 nitrogen and oxygen atoms in total. The molecule has 0 unspecified atom stereocenters. The van der Waals surface area contributed by atoms with Crippen LogP contribution in [0.3, 0.4) is 0 Å². The van der Waals surface area contributed by atoms with Gasteiger partial charge in [0.2, 0.25) is 5.88 Å². The van der Waals surface area contributed by atoms with E-state index in [0.717, 1.165) is 31.3 Å². The highest BCUT2D eigenvalue weighted by Gasteiger charge is 2.23. The summed E-state index contributed by atoms with van der Waals surface area (Å²) in [4.78, 5) is 32.2. The Kier molecular flexibility index (Phi) is 7.38. The Morgan fingerprint density at radius 2 is 2.11 bits per heavy atom. The van der Waals surface area contributed by atoms with Gasteiger partial charge in [0.05, 0.1) is 42.3 Å². The van der Waals surface area contributed by atoms with E-state index in [1.807, 2.05) is 19.9 Å². The summed E-state index contributed by atoms with van der Waals surface area (Å²) in [7, 11) is 0. The second kappa shape index (κ2) is 10.6. The molecule has 1 atom stereocenters. The Balaban J connectivity index is 1.61. The number of nitrogens with zero attached hydrogens (tertiary/aromatic N) is 5. The average molecular weight is 480 g/mol. The van der Waals surface area contributed by atoms with Crippen molar-refractivity contribution in [2.24, 2.45) is 11.8 Å². The van der Waals surface area contributed by atoms with E-state index in [2.05, 4.69) is 37.1 Å². The number of hydrogen-bond donors (Lipinski definition) is 2. The minimum Gasteiger partial charge on any atom is -0.476 e. The molecule has 10 heteroatoms. The van der Waals surface area contributed by atoms with Gasteiger partial charge in [-0.25, -0.2) is 14.4 Å². The third-order valence-corrected chi connectivity index (χ3v) is 5.68. The number of halogens is 1. The van der Waals surface area contributed by atoms with Crippen LogP contribution < -0.4 is 20.7 Å². The second-order valence-corrected chi connectivity index (χ2v) is 9.24. The number of ether oxygens (including phenoxy) is 1. The molecule has 0 aromatic carbocycles. The van der Waals surface area contributed by atoms with Crippen molar-refractivity contribution in [2.75, 3.05) is 35.6 Å². The summed E-state index contributed by atoms with van der Waals surface area (Å²) in [5.41, 5.74) is 7.21. The normalized spacial score (nSPS) is 15.8. The van der Waals surface area contributed by atoms with Crippen LogP contribution in [0, 0.1) is 17.7 Å². The van der Waals surface area contributed by atoms with E-state index >= 15 is 0 Å². The summed E-state index contributed by atoms with van der Waals surface area (Å²) in [6, 6.07) is 2.94. The van der Waals surface area contributed by atoms with E-state index in [1.165, 1.54) is 18.8 Å². The molecule has 3 aromatic heterocycles. The summed E-state index contributed by atoms with van der Waals surface area (Å²) in [5, 5.41) is 2.85. The van der Waals surface area contributed by atoms with Gasteiger partial charge >= 0.3 is 0 Å². The zero-order valence-corrected chi connectivity index (χ0v) is 20.2. The molecule has 35 heavy (non-hydrogen) atoms. The molecule has 0 radical (unpaired) electrons. The minimum absolute atomic E-state index is 0.0824. The van der Waals surface area contributed by atoms with E-state index in [1.54, 1.807) is 12.4 Å². The molecular weight excluding hydrogens is 449 g/mol. The summed E-state index contributed by atoms with van der Waals surface area (Å²) >= 11 is 0. The number of pyridine rings is 2. The van der Waals surface area contributed by atoms with Gasteiger partial charge in [0.25, 0.3) is 5.91 Å². The SMILES string of the molecule is CC(C)COc1cncc(-c2nc(C(=O)Nc3cnccc3N3CCC[C@H](C)C3)c(N)cc2F)n1. The molecule has 1 aliphatic heterocycles. The summed E-state index contributed by atoms with van der Waals surface area (Å²) in [6.07, 6.45) is 8.35. The maximum Gasteiger partial charge on any atom is 0.276 e. The van der Waals surface area contributed by atoms with Crippen LogP contribution in [0.2, 0.25) is 0 Å². The topological polar surface area (TPSA) is 119 Å². The van der Waals surface area contributed by atoms with Gasteiger partial charge in [-0.15, -0.1) is 0 Å². The second-order valence-electron chi connectivity index (χ2n) is 9.24. The molecule has 0 saturated carbocycles. The van der Waals surface area contributed by atoms with Crippen LogP contribution in [0.15, 0.2) is 36.9 Å². The first-order valence-electron chi connectivity index (χ1n) is 11.7. The standard InChI is InChI=1S/C25H30FN7O2/c1-15(2)14-35-22-12-29-11-20(30-22)23-17(26)9-18(27)24(32-23)25(34)31-19-10-28-7-6-21(19)33-8-4-5-16(3)13-33/h6-7,9-12,15-16H,4-5,8,13-14,27H2,1-3H3,(H,31,34)/t16-/m0/s1. The smallest absolute Gasteiger partial charge is 0.276 e. The van der Waals surface area contributed by atoms with Crippen LogP contribution in [-0.4, -0.2) is 45.5 Å². The molecule has 0 aliphatic carbocycles. The monoisotopic (exact) mass is 479 g/mol. The number of nitrogen functional groups attached to an aromatic ring is 1. The molecule has 0 bridgehead atoms. The van der Waals surface area contributed by atoms with Crippen molar-refractivity contribution in [1.29, 1.82) is 0 Å². The van der Waals surface area contributed by atoms with Crippen molar-refractivity contribution in [3.63, 3.8) is 0 Å². The first-order chi connectivity index (χ1) is 16.8. The molecule has 184 valence electrons. The predicted octanol–water partition coefficient (Wildman–Crippen LogP) is 4.18. The van der Waals surface area contributed by atoms with Crippen LogP contribution in [0.4, 0.5) is 21.5 Å². The van der Waals surface area contributed by atoms with Crippen molar-refractivity contribution in [3.05, 3.63) is 48.4 Å². The van der Waals surface area contributed by atoms with Gasteiger partial charge in [0, 0.05) is 25.4 Å². The van der Waals surface area contributed by atoms with E-state index in [4.69, 9.17) is 10.5 Å². The fraction of sp³-hybridized carbons (Fsp3) is 0.400. The lowest BCUT2D eigenvalue weighted by atomic mass is 10.00. The number of rotatable bonds is 7. The minimum atomic E-state index is -0.710. The lowest BCUT2D eigenvalue weighted by Crippen LogP contribution is -2.35. The number of piperidine rings is 1. The van der Waals surface area contributed by atoms with Crippen LogP contribution >= 0.6 is 0 Å². The first-order valence-corrected chi connectivity index (χ1v) is 11.7. The number of carbonyl (C=O) groups excluding carboxylic acids is 1. The maximum absolute atomic E-state index is 14.8. The van der Waals surface area contributed by atoms with E-state index in [-0.39, 0.29) is 34.6 Å². The number of carbonyl (C=O) groups is 1. The van der Waals surface area contributed by atoms with Crippen molar-refractivity contribution in [2.45, 2.75) is 33.6 Å². The number of nitrogens with two attached hydrogens (primary N) is 1. The molecule has 4 rings (SSSR count). The molecule has 1 amide bonds. The molecule has 3 aromatic rings. The van der Waals surface area contributed by atoms with Gasteiger partial charge in [-0.1, -0.05) is 20.8 Å². The third kappa shape index (κ3) is 5.82. The highest BCUT2D eigenvalue weighted by atomic mass is 19.1. The van der Waals surface area contributed by atoms with Crippen LogP contribution in [0.1, 0.15) is 44.1 Å². The van der Waals surface area contributed by atoms with Gasteiger partial charge in [0.15, 0.2) is 11.5 Å². The Morgan fingerprint density at radius 1 is 1.29 bits per heavy atom. The van der Waals surface area contributed by atoms with Crippen molar-refractivity contribution < 1.29 is 13.9 Å². The third-order valence-electron chi connectivity index (χ3n) is 5.68. The van der Waals surface area contributed by atoms with E-state index in [9.17, 15) is 9.18 Å². The van der Waals surface area contributed by atoms with Crippen molar-refractivity contribution >= 4 is 23.0 Å². The fourth-order valence-corrected chi connectivity index (χ4v) is 4.00. The Bertz CT molecular complexity index is 1200. The molecule has 1 aliphatic rings. The van der Waals surface area contributed by atoms with Crippen LogP contribution in [0.5, 0.6) is 5.88 Å². The zero-order valence-electron chi connectivity index (χ0n) is 20.2. The first kappa shape index (κ1) is 24.3. The van der Waals surface area contributed by atoms with Gasteiger partial charge in [0.1, 0.15) is 11.4 Å². The van der Waals surface area contributed by atoms with Gasteiger partial charge in [-0.3, -0.25) is 14.8 Å². The highest BCUT2D eigenvalue weighted by Crippen LogP contribution is 2.30. The Morgan fingerprint density at radius 3 is 2.89 bits per heavy atom. The summed E-state index contributed by atoms with van der Waals surface area (Å²) in [5.74, 6) is -0.190. The molecule has 0 spiro atoms. The number of hydrogen-bond acceptors (Lipinski definition) is 8. The summed E-state index contributed by atoms with van der Waals surface area (Å²) < 4.78 is 20.4. The molecule has 1 saturated heterocycles. The number of amides is 1. The van der Waals surface area contributed by atoms with Gasteiger partial charge in [-0.2, -0.15) is 0 Å². The Labute approximate surface area is 204 Å². The van der Waals surface area contributed by atoms with E-state index in [0.29, 0.717) is 18.2 Å². The van der Waals surface area contributed by atoms with Crippen molar-refractivity contribution in [1.82, 2.24) is 19.9 Å². The van der Waals surface area contributed by atoms with Gasteiger partial charge in [-0.05, 0) is 30.7 Å². The number of aromatic nitrogens is 4. The van der Waals surface area contributed by atoms with Gasteiger partial charge < -0.3 is 20.7 Å². The van der Waals surface area contributed by atoms with Crippen molar-refractivity contribution in [3.8, 4) is 17.3 Å². The number of anilines is 3. The van der Waals surface area contributed by atoms with Crippen LogP contribution in [0.25, 0.3) is 11.4 Å². The van der Waals surface area contributed by atoms with Crippen LogP contribution in [-0.2, 0) is 0 Å². The molecule has 3 N–H and O–H groups in total. The number of nitrogens with one attached hydrogen (secondary N) is 1. The molecular formula is C25H30FN7O2. The lowest BCUT2D eigenvalue weighted by molar-refractivity contribution is 0.102. The average Bonchev–Trinajstić information content (AvgIpc) is 2.83. The fourth-order valence-electron chi connectivity index (χ4n) is 4.00. The molecule has 4 heterocycles. The molecule has 1 fully saturated rings. The quantitative estimate of drug-likeness (QED) is 0.518. The summed E-state index contributed by atoms with van der Waals surface area (Å²) in [6.45, 7) is 8.44. The lowest BCUT2D eigenvalue weighted by Gasteiger charge is -2.33. The highest BCUT2D eigenvalue weighted by molar-refractivity contribution is 6.07. The largest absolute Gasteiger partial charge is 0.476 e. The maximum atomic E-state index is 14.8.